The number of hydrogen-bond acceptors (Lipinski definition) is 3. The average Bonchev–Trinajstić information content (AvgIpc) is 2.78. The molecule has 1 aromatic carbocycles. The van der Waals surface area contributed by atoms with Crippen molar-refractivity contribution in [1.82, 2.24) is 9.88 Å². The van der Waals surface area contributed by atoms with Crippen molar-refractivity contribution in [2.24, 2.45) is 0 Å². The van der Waals surface area contributed by atoms with Crippen molar-refractivity contribution < 1.29 is 8.42 Å². The second kappa shape index (κ2) is 6.41. The maximum atomic E-state index is 11.2. The molecule has 0 saturated carbocycles. The number of rotatable bonds is 7. The van der Waals surface area contributed by atoms with Crippen molar-refractivity contribution in [1.29, 1.82) is 0 Å². The highest BCUT2D eigenvalue weighted by Crippen LogP contribution is 2.18. The quantitative estimate of drug-likeness (QED) is 0.796. The van der Waals surface area contributed by atoms with Crippen LogP contribution in [0.3, 0.4) is 0 Å². The molecule has 0 bridgehead atoms. The van der Waals surface area contributed by atoms with Gasteiger partial charge in [0.25, 0.3) is 0 Å². The van der Waals surface area contributed by atoms with E-state index < -0.39 is 9.84 Å². The lowest BCUT2D eigenvalue weighted by atomic mass is 10.1. The molecule has 2 aromatic rings. The van der Waals surface area contributed by atoms with Crippen LogP contribution in [0.1, 0.15) is 18.9 Å². The van der Waals surface area contributed by atoms with E-state index in [1.165, 1.54) is 11.8 Å². The lowest BCUT2D eigenvalue weighted by Crippen LogP contribution is -2.13. The number of fused-ring (bicyclic) bond motifs is 1. The van der Waals surface area contributed by atoms with Crippen LogP contribution in [0.15, 0.2) is 30.5 Å². The number of benzene rings is 1. The molecule has 0 aliphatic heterocycles. The van der Waals surface area contributed by atoms with Gasteiger partial charge in [-0.25, -0.2) is 8.42 Å². The molecule has 0 fully saturated rings. The molecule has 1 aromatic heterocycles. The van der Waals surface area contributed by atoms with Crippen molar-refractivity contribution in [3.05, 3.63) is 36.0 Å². The highest BCUT2D eigenvalue weighted by molar-refractivity contribution is 7.90. The largest absolute Gasteiger partial charge is 0.346 e. The molecule has 0 unspecified atom stereocenters. The Balaban J connectivity index is 2.12. The third-order valence-electron chi connectivity index (χ3n) is 3.29. The molecule has 1 N–H and O–H groups in total. The summed E-state index contributed by atoms with van der Waals surface area (Å²) in [6, 6.07) is 8.37. The molecular weight excluding hydrogens is 272 g/mol. The SMILES string of the molecule is CCCNCc1ccc2c(ccn2CCS(C)(=O)=O)c1. The molecule has 0 spiro atoms. The molecule has 110 valence electrons. The van der Waals surface area contributed by atoms with Gasteiger partial charge in [-0.15, -0.1) is 0 Å². The highest BCUT2D eigenvalue weighted by Gasteiger charge is 2.06. The maximum absolute atomic E-state index is 11.2. The van der Waals surface area contributed by atoms with Gasteiger partial charge in [-0.1, -0.05) is 13.0 Å². The van der Waals surface area contributed by atoms with Gasteiger partial charge in [0.2, 0.25) is 0 Å². The zero-order chi connectivity index (χ0) is 14.6. The fourth-order valence-electron chi connectivity index (χ4n) is 2.23. The smallest absolute Gasteiger partial charge is 0.149 e. The van der Waals surface area contributed by atoms with Gasteiger partial charge < -0.3 is 9.88 Å². The predicted octanol–water partition coefficient (Wildman–Crippen LogP) is 2.19. The van der Waals surface area contributed by atoms with Crippen LogP contribution < -0.4 is 5.32 Å². The number of nitrogens with one attached hydrogen (secondary N) is 1. The fourth-order valence-corrected chi connectivity index (χ4v) is 2.76. The Morgan fingerprint density at radius 2 is 2.05 bits per heavy atom. The second-order valence-corrected chi connectivity index (χ2v) is 7.47. The average molecular weight is 294 g/mol. The van der Waals surface area contributed by atoms with Crippen molar-refractivity contribution in [3.8, 4) is 0 Å². The molecule has 0 saturated heterocycles. The van der Waals surface area contributed by atoms with E-state index in [2.05, 4.69) is 30.4 Å². The summed E-state index contributed by atoms with van der Waals surface area (Å²) in [5, 5.41) is 4.54. The minimum atomic E-state index is -2.92. The Bertz CT molecular complexity index is 674. The molecule has 20 heavy (non-hydrogen) atoms. The van der Waals surface area contributed by atoms with E-state index in [4.69, 9.17) is 0 Å². The Morgan fingerprint density at radius 3 is 2.75 bits per heavy atom. The van der Waals surface area contributed by atoms with Crippen LogP contribution in [-0.2, 0) is 22.9 Å². The monoisotopic (exact) mass is 294 g/mol. The molecule has 0 aliphatic carbocycles. The third kappa shape index (κ3) is 4.08. The van der Waals surface area contributed by atoms with Crippen molar-refractivity contribution in [3.63, 3.8) is 0 Å². The molecule has 4 nitrogen and oxygen atoms in total. The van der Waals surface area contributed by atoms with E-state index in [-0.39, 0.29) is 5.75 Å². The van der Waals surface area contributed by atoms with Crippen molar-refractivity contribution in [2.45, 2.75) is 26.4 Å². The van der Waals surface area contributed by atoms with Gasteiger partial charge >= 0.3 is 0 Å². The van der Waals surface area contributed by atoms with Gasteiger partial charge in [0.15, 0.2) is 0 Å². The molecule has 0 radical (unpaired) electrons. The zero-order valence-electron chi connectivity index (χ0n) is 12.1. The van der Waals surface area contributed by atoms with E-state index in [1.807, 2.05) is 16.8 Å². The van der Waals surface area contributed by atoms with Gasteiger partial charge in [-0.3, -0.25) is 0 Å². The Morgan fingerprint density at radius 1 is 1.25 bits per heavy atom. The summed E-state index contributed by atoms with van der Waals surface area (Å²) < 4.78 is 24.5. The van der Waals surface area contributed by atoms with Crippen molar-refractivity contribution in [2.75, 3.05) is 18.6 Å². The van der Waals surface area contributed by atoms with Crippen molar-refractivity contribution >= 4 is 20.7 Å². The van der Waals surface area contributed by atoms with Gasteiger partial charge in [0.05, 0.1) is 5.75 Å². The van der Waals surface area contributed by atoms with Crippen LogP contribution in [0.4, 0.5) is 0 Å². The van der Waals surface area contributed by atoms with Gasteiger partial charge in [0.1, 0.15) is 9.84 Å². The highest BCUT2D eigenvalue weighted by atomic mass is 32.2. The van der Waals surface area contributed by atoms with E-state index >= 15 is 0 Å². The number of sulfone groups is 1. The normalized spacial score (nSPS) is 12.1. The fraction of sp³-hybridized carbons (Fsp3) is 0.467. The molecule has 1 heterocycles. The molecule has 0 atom stereocenters. The van der Waals surface area contributed by atoms with Gasteiger partial charge in [-0.2, -0.15) is 0 Å². The Hall–Kier alpha value is -1.33. The summed E-state index contributed by atoms with van der Waals surface area (Å²) in [6.07, 6.45) is 4.36. The summed E-state index contributed by atoms with van der Waals surface area (Å²) in [7, 11) is -2.92. The van der Waals surface area contributed by atoms with Gasteiger partial charge in [-0.05, 0) is 42.1 Å². The van der Waals surface area contributed by atoms with Crippen LogP contribution in [0.25, 0.3) is 10.9 Å². The summed E-state index contributed by atoms with van der Waals surface area (Å²) >= 11 is 0. The standard InChI is InChI=1S/C15H22N2O2S/c1-3-7-16-12-13-4-5-15-14(11-13)6-8-17(15)9-10-20(2,18)19/h4-6,8,11,16H,3,7,9-10,12H2,1-2H3. The summed E-state index contributed by atoms with van der Waals surface area (Å²) in [5.41, 5.74) is 2.35. The van der Waals surface area contributed by atoms with Gasteiger partial charge in [0, 0.05) is 31.1 Å². The van der Waals surface area contributed by atoms with E-state index in [1.54, 1.807) is 0 Å². The Kier molecular flexibility index (Phi) is 4.83. The lowest BCUT2D eigenvalue weighted by molar-refractivity contribution is 0.596. The maximum Gasteiger partial charge on any atom is 0.149 e. The first kappa shape index (κ1) is 15.1. The van der Waals surface area contributed by atoms with Crippen LogP contribution >= 0.6 is 0 Å². The molecule has 0 aliphatic rings. The number of aromatic nitrogens is 1. The van der Waals surface area contributed by atoms with Crippen LogP contribution in [-0.4, -0.2) is 31.5 Å². The Labute approximate surface area is 120 Å². The van der Waals surface area contributed by atoms with E-state index in [9.17, 15) is 8.42 Å². The number of nitrogens with zero attached hydrogens (tertiary/aromatic N) is 1. The van der Waals surface area contributed by atoms with Crippen LogP contribution in [0, 0.1) is 0 Å². The zero-order valence-corrected chi connectivity index (χ0v) is 12.9. The molecule has 2 rings (SSSR count). The number of aryl methyl sites for hydroxylation is 1. The summed E-state index contributed by atoms with van der Waals surface area (Å²) in [5.74, 6) is 0.177. The predicted molar refractivity (Wildman–Crippen MR) is 83.6 cm³/mol. The summed E-state index contributed by atoms with van der Waals surface area (Å²) in [6.45, 7) is 4.56. The minimum absolute atomic E-state index is 0.177. The summed E-state index contributed by atoms with van der Waals surface area (Å²) in [4.78, 5) is 0. The molecule has 5 heteroatoms. The topological polar surface area (TPSA) is 51.1 Å². The first-order valence-corrected chi connectivity index (χ1v) is 9.02. The first-order chi connectivity index (χ1) is 9.49. The third-order valence-corrected chi connectivity index (χ3v) is 4.22. The first-order valence-electron chi connectivity index (χ1n) is 6.96. The van der Waals surface area contributed by atoms with E-state index in [0.717, 1.165) is 30.4 Å². The molecule has 0 amide bonds. The van der Waals surface area contributed by atoms with Crippen LogP contribution in [0.5, 0.6) is 0 Å². The minimum Gasteiger partial charge on any atom is -0.346 e. The molecular formula is C15H22N2O2S. The van der Waals surface area contributed by atoms with Crippen LogP contribution in [0.2, 0.25) is 0 Å². The lowest BCUT2D eigenvalue weighted by Gasteiger charge is -2.06. The number of hydrogen-bond donors (Lipinski definition) is 1. The second-order valence-electron chi connectivity index (χ2n) is 5.21. The van der Waals surface area contributed by atoms with E-state index in [0.29, 0.717) is 6.54 Å².